The summed E-state index contributed by atoms with van der Waals surface area (Å²) in [6, 6.07) is 101. The number of para-hydroxylation sites is 2. The van der Waals surface area contributed by atoms with E-state index >= 15 is 0 Å². The zero-order chi connectivity index (χ0) is 57.4. The maximum Gasteiger partial charge on any atom is 0.160 e. The first-order valence-corrected chi connectivity index (χ1v) is 29.1. The van der Waals surface area contributed by atoms with Crippen molar-refractivity contribution in [2.45, 2.75) is 0 Å². The van der Waals surface area contributed by atoms with E-state index in [1.165, 1.54) is 0 Å². The van der Waals surface area contributed by atoms with E-state index < -0.39 is 0 Å². The molecule has 17 aromatic rings. The van der Waals surface area contributed by atoms with Gasteiger partial charge in [-0.25, -0.2) is 19.9 Å². The summed E-state index contributed by atoms with van der Waals surface area (Å²) in [5.74, 6) is 1.32. The van der Waals surface area contributed by atoms with Gasteiger partial charge in [-0.05, 0) is 148 Å². The van der Waals surface area contributed by atoms with Crippen LogP contribution in [0, 0.1) is 0 Å². The highest BCUT2D eigenvalue weighted by Gasteiger charge is 2.19. The number of benzene rings is 12. The Morgan fingerprint density at radius 3 is 0.977 bits per heavy atom. The lowest BCUT2D eigenvalue weighted by atomic mass is 9.93. The van der Waals surface area contributed by atoms with Gasteiger partial charge < -0.3 is 13.3 Å². The summed E-state index contributed by atoms with van der Waals surface area (Å²) < 4.78 is 19.3. The van der Waals surface area contributed by atoms with Gasteiger partial charge in [0.1, 0.15) is 33.5 Å². The summed E-state index contributed by atoms with van der Waals surface area (Å²) >= 11 is 0. The largest absolute Gasteiger partial charge is 0.456 e. The monoisotopic (exact) mass is 1110 g/mol. The van der Waals surface area contributed by atoms with Gasteiger partial charge in [-0.15, -0.1) is 0 Å². The zero-order valence-corrected chi connectivity index (χ0v) is 46.7. The molecule has 0 saturated carbocycles. The summed E-state index contributed by atoms with van der Waals surface area (Å²) in [5.41, 5.74) is 22.7. The second kappa shape index (κ2) is 20.5. The van der Waals surface area contributed by atoms with Crippen LogP contribution in [0.2, 0.25) is 0 Å². The Bertz CT molecular complexity index is 5470. The highest BCUT2D eigenvalue weighted by molar-refractivity contribution is 6.09. The Hall–Kier alpha value is -11.8. The van der Waals surface area contributed by atoms with E-state index in [9.17, 15) is 0 Å². The first-order chi connectivity index (χ1) is 43.0. The number of hydrogen-bond donors (Lipinski definition) is 0. The van der Waals surface area contributed by atoms with Gasteiger partial charge in [-0.2, -0.15) is 0 Å². The molecule has 406 valence electrons. The maximum absolute atomic E-state index is 6.74. The lowest BCUT2D eigenvalue weighted by molar-refractivity contribution is 0.668. The average molecular weight is 1110 g/mol. The van der Waals surface area contributed by atoms with Crippen molar-refractivity contribution >= 4 is 65.8 Å². The Balaban J connectivity index is 0.743. The third kappa shape index (κ3) is 9.10. The lowest BCUT2D eigenvalue weighted by Gasteiger charge is -2.13. The summed E-state index contributed by atoms with van der Waals surface area (Å²) in [7, 11) is 0. The predicted molar refractivity (Wildman–Crippen MR) is 354 cm³/mol. The van der Waals surface area contributed by atoms with E-state index in [0.29, 0.717) is 11.6 Å². The van der Waals surface area contributed by atoms with Crippen LogP contribution in [0.15, 0.2) is 304 Å². The summed E-state index contributed by atoms with van der Waals surface area (Å²) in [6.45, 7) is 0. The molecule has 0 spiro atoms. The molecule has 0 aliphatic carbocycles. The molecule has 87 heavy (non-hydrogen) atoms. The molecule has 0 aliphatic rings. The Kier molecular flexibility index (Phi) is 11.7. The molecular formula is C80H48N4O3. The van der Waals surface area contributed by atoms with Crippen LogP contribution in [0.1, 0.15) is 0 Å². The molecule has 0 amide bonds. The fourth-order valence-electron chi connectivity index (χ4n) is 12.3. The third-order valence-corrected chi connectivity index (χ3v) is 16.7. The van der Waals surface area contributed by atoms with Crippen molar-refractivity contribution in [3.8, 4) is 112 Å². The molecule has 7 nitrogen and oxygen atoms in total. The van der Waals surface area contributed by atoms with Crippen molar-refractivity contribution in [1.29, 1.82) is 0 Å². The first kappa shape index (κ1) is 49.8. The molecule has 12 aromatic carbocycles. The minimum absolute atomic E-state index is 0.654. The Labute approximate surface area is 499 Å². The fourth-order valence-corrected chi connectivity index (χ4v) is 12.3. The number of rotatable bonds is 10. The van der Waals surface area contributed by atoms with Crippen LogP contribution in [0.4, 0.5) is 0 Å². The molecule has 17 rings (SSSR count). The quantitative estimate of drug-likeness (QED) is 0.135. The standard InChI is InChI=1S/C80H48N4O3/c1-4-16-49(17-5-1)69-47-72(84-79(81-69)50-18-6-2-7-19-50)62-41-60(54-32-36-75-67(43-54)64-27-11-13-29-74(64)85-75)40-61(42-62)55-33-37-76-68(44-55)66-35-31-57(46-78(66)87-76)53-23-15-25-59(39-53)71-48-70(82-80(83-71)51-20-8-3-9-21-51)58-24-14-22-52(38-58)56-30-34-65-63-26-10-12-28-73(63)86-77(65)45-56/h1-48H. The van der Waals surface area contributed by atoms with E-state index in [1.807, 2.05) is 84.9 Å². The topological polar surface area (TPSA) is 91.0 Å². The van der Waals surface area contributed by atoms with Gasteiger partial charge in [0.2, 0.25) is 0 Å². The smallest absolute Gasteiger partial charge is 0.160 e. The van der Waals surface area contributed by atoms with Gasteiger partial charge in [0.15, 0.2) is 11.6 Å². The van der Waals surface area contributed by atoms with Crippen molar-refractivity contribution in [1.82, 2.24) is 19.9 Å². The Morgan fingerprint density at radius 1 is 0.161 bits per heavy atom. The number of fused-ring (bicyclic) bond motifs is 9. The molecule has 5 heterocycles. The summed E-state index contributed by atoms with van der Waals surface area (Å²) in [6.07, 6.45) is 0. The van der Waals surface area contributed by atoms with Gasteiger partial charge in [0, 0.05) is 65.7 Å². The molecule has 0 atom stereocenters. The molecule has 0 unspecified atom stereocenters. The van der Waals surface area contributed by atoms with Crippen molar-refractivity contribution in [2.24, 2.45) is 0 Å². The number of nitrogens with zero attached hydrogens (tertiary/aromatic N) is 4. The van der Waals surface area contributed by atoms with Crippen LogP contribution in [0.5, 0.6) is 0 Å². The lowest BCUT2D eigenvalue weighted by Crippen LogP contribution is -1.96. The van der Waals surface area contributed by atoms with Crippen LogP contribution in [-0.4, -0.2) is 19.9 Å². The van der Waals surface area contributed by atoms with E-state index in [1.54, 1.807) is 0 Å². The zero-order valence-electron chi connectivity index (χ0n) is 46.7. The van der Waals surface area contributed by atoms with Crippen LogP contribution >= 0.6 is 0 Å². The number of aromatic nitrogens is 4. The fraction of sp³-hybridized carbons (Fsp3) is 0. The third-order valence-electron chi connectivity index (χ3n) is 16.7. The van der Waals surface area contributed by atoms with Gasteiger partial charge in [-0.3, -0.25) is 0 Å². The maximum atomic E-state index is 6.74. The SMILES string of the molecule is c1ccc(-c2cc(-c3cc(-c4ccc5oc6ccccc6c5c4)cc(-c4ccc5oc6cc(-c7cccc(-c8cc(-c9cccc(-c%10ccc%11c(c%10)oc%10ccccc%10%11)c9)nc(-c9ccccc9)n8)c7)ccc6c5c4)c3)nc(-c3ccccc3)n2)cc1. The highest BCUT2D eigenvalue weighted by Crippen LogP contribution is 2.42. The van der Waals surface area contributed by atoms with Gasteiger partial charge in [-0.1, -0.05) is 188 Å². The van der Waals surface area contributed by atoms with Gasteiger partial charge in [0.05, 0.1) is 22.8 Å². The molecule has 0 fully saturated rings. The first-order valence-electron chi connectivity index (χ1n) is 29.1. The average Bonchev–Trinajstić information content (AvgIpc) is 3.87. The molecule has 0 N–H and O–H groups in total. The summed E-state index contributed by atoms with van der Waals surface area (Å²) in [5, 5.41) is 6.43. The van der Waals surface area contributed by atoms with Crippen molar-refractivity contribution < 1.29 is 13.3 Å². The highest BCUT2D eigenvalue weighted by atomic mass is 16.3. The molecule has 0 aliphatic heterocycles. The molecular weight excluding hydrogens is 1060 g/mol. The van der Waals surface area contributed by atoms with Gasteiger partial charge in [0.25, 0.3) is 0 Å². The molecule has 5 aromatic heterocycles. The predicted octanol–water partition coefficient (Wildman–Crippen LogP) is 21.6. The van der Waals surface area contributed by atoms with Crippen LogP contribution in [-0.2, 0) is 0 Å². The van der Waals surface area contributed by atoms with Crippen molar-refractivity contribution in [3.63, 3.8) is 0 Å². The minimum atomic E-state index is 0.654. The molecule has 0 radical (unpaired) electrons. The van der Waals surface area contributed by atoms with Crippen LogP contribution in [0.25, 0.3) is 178 Å². The second-order valence-electron chi connectivity index (χ2n) is 22.1. The summed E-state index contributed by atoms with van der Waals surface area (Å²) in [4.78, 5) is 20.9. The van der Waals surface area contributed by atoms with Gasteiger partial charge >= 0.3 is 0 Å². The van der Waals surface area contributed by atoms with E-state index in [4.69, 9.17) is 33.2 Å². The molecule has 7 heteroatoms. The minimum Gasteiger partial charge on any atom is -0.456 e. The number of furan rings is 3. The van der Waals surface area contributed by atoms with Crippen molar-refractivity contribution in [2.75, 3.05) is 0 Å². The second-order valence-corrected chi connectivity index (χ2v) is 22.1. The van der Waals surface area contributed by atoms with E-state index in [2.05, 4.69) is 206 Å². The van der Waals surface area contributed by atoms with E-state index in [0.717, 1.165) is 166 Å². The van der Waals surface area contributed by atoms with Crippen LogP contribution < -0.4 is 0 Å². The molecule has 0 saturated heterocycles. The van der Waals surface area contributed by atoms with Crippen molar-refractivity contribution in [3.05, 3.63) is 291 Å². The number of hydrogen-bond acceptors (Lipinski definition) is 7. The molecule has 0 bridgehead atoms. The van der Waals surface area contributed by atoms with Crippen LogP contribution in [0.3, 0.4) is 0 Å². The Morgan fingerprint density at radius 2 is 0.471 bits per heavy atom. The normalized spacial score (nSPS) is 11.7. The van der Waals surface area contributed by atoms with E-state index in [-0.39, 0.29) is 0 Å².